The van der Waals surface area contributed by atoms with E-state index in [-0.39, 0.29) is 5.91 Å². The van der Waals surface area contributed by atoms with E-state index >= 15 is 0 Å². The van der Waals surface area contributed by atoms with Gasteiger partial charge in [0.1, 0.15) is 0 Å². The number of benzene rings is 1. The van der Waals surface area contributed by atoms with Crippen molar-refractivity contribution < 1.29 is 13.2 Å². The Morgan fingerprint density at radius 3 is 2.14 bits per heavy atom. The average molecular weight is 408 g/mol. The van der Waals surface area contributed by atoms with Crippen molar-refractivity contribution in [3.8, 4) is 0 Å². The molecule has 0 unspecified atom stereocenters. The van der Waals surface area contributed by atoms with Gasteiger partial charge in [-0.2, -0.15) is 17.0 Å². The fraction of sp³-hybridized carbons (Fsp3) is 0.667. The number of likely N-dealkylation sites (tertiary alicyclic amines) is 1. The third kappa shape index (κ3) is 5.33. The predicted octanol–water partition coefficient (Wildman–Crippen LogP) is 2.30. The van der Waals surface area contributed by atoms with E-state index in [0.29, 0.717) is 25.4 Å². The summed E-state index contributed by atoms with van der Waals surface area (Å²) in [5.41, 5.74) is 2.51. The lowest BCUT2D eigenvalue weighted by atomic mass is 9.90. The van der Waals surface area contributed by atoms with Crippen LogP contribution in [0.4, 0.5) is 0 Å². The van der Waals surface area contributed by atoms with Crippen LogP contribution in [0.1, 0.15) is 43.2 Å². The fourth-order valence-electron chi connectivity index (χ4n) is 4.13. The van der Waals surface area contributed by atoms with Gasteiger partial charge in [-0.25, -0.2) is 0 Å². The van der Waals surface area contributed by atoms with E-state index in [1.807, 2.05) is 4.90 Å². The first-order valence-electron chi connectivity index (χ1n) is 10.4. The maximum absolute atomic E-state index is 12.2. The van der Waals surface area contributed by atoms with Crippen LogP contribution in [0, 0.1) is 5.92 Å². The van der Waals surface area contributed by atoms with Gasteiger partial charge in [-0.3, -0.25) is 4.79 Å². The number of nitrogens with zero attached hydrogens (tertiary/aromatic N) is 3. The van der Waals surface area contributed by atoms with E-state index < -0.39 is 10.2 Å². The summed E-state index contributed by atoms with van der Waals surface area (Å²) in [4.78, 5) is 14.1. The molecule has 7 heteroatoms. The number of carbonyl (C=O) groups excluding carboxylic acids is 1. The zero-order valence-electron chi connectivity index (χ0n) is 17.1. The van der Waals surface area contributed by atoms with Crippen molar-refractivity contribution in [3.63, 3.8) is 0 Å². The van der Waals surface area contributed by atoms with Crippen LogP contribution in [0.15, 0.2) is 24.3 Å². The van der Waals surface area contributed by atoms with Crippen molar-refractivity contribution in [2.24, 2.45) is 5.92 Å². The van der Waals surface area contributed by atoms with Gasteiger partial charge in [0, 0.05) is 46.7 Å². The largest absolute Gasteiger partial charge is 0.343 e. The Morgan fingerprint density at radius 2 is 1.57 bits per heavy atom. The van der Waals surface area contributed by atoms with E-state index in [4.69, 9.17) is 0 Å². The van der Waals surface area contributed by atoms with Crippen molar-refractivity contribution in [1.82, 2.24) is 13.5 Å². The van der Waals surface area contributed by atoms with Crippen molar-refractivity contribution in [3.05, 3.63) is 35.4 Å². The molecule has 28 heavy (non-hydrogen) atoms. The molecule has 156 valence electrons. The van der Waals surface area contributed by atoms with Crippen LogP contribution in [0.3, 0.4) is 0 Å². The second kappa shape index (κ2) is 9.37. The van der Waals surface area contributed by atoms with E-state index in [1.54, 1.807) is 18.4 Å². The Labute approximate surface area is 169 Å². The first-order valence-corrected chi connectivity index (χ1v) is 11.8. The summed E-state index contributed by atoms with van der Waals surface area (Å²) in [5.74, 6) is 0.803. The maximum atomic E-state index is 12.2. The van der Waals surface area contributed by atoms with Crippen LogP contribution in [0.5, 0.6) is 0 Å². The summed E-state index contributed by atoms with van der Waals surface area (Å²) in [7, 11) is -0.116. The Bertz CT molecular complexity index is 748. The highest BCUT2D eigenvalue weighted by Crippen LogP contribution is 2.24. The predicted molar refractivity (Wildman–Crippen MR) is 111 cm³/mol. The Morgan fingerprint density at radius 1 is 1.00 bits per heavy atom. The summed E-state index contributed by atoms with van der Waals surface area (Å²) in [6.45, 7) is 3.04. The molecule has 0 spiro atoms. The normalized spacial score (nSPS) is 19.5. The van der Waals surface area contributed by atoms with Gasteiger partial charge >= 0.3 is 0 Å². The van der Waals surface area contributed by atoms with E-state index in [0.717, 1.165) is 51.6 Å². The molecule has 2 saturated heterocycles. The third-order valence-corrected chi connectivity index (χ3v) is 7.94. The molecule has 2 heterocycles. The van der Waals surface area contributed by atoms with Gasteiger partial charge in [-0.15, -0.1) is 0 Å². The van der Waals surface area contributed by atoms with Crippen LogP contribution in [-0.4, -0.2) is 68.1 Å². The van der Waals surface area contributed by atoms with Gasteiger partial charge in [0.05, 0.1) is 0 Å². The van der Waals surface area contributed by atoms with Gasteiger partial charge in [-0.1, -0.05) is 24.3 Å². The summed E-state index contributed by atoms with van der Waals surface area (Å²) in [5, 5.41) is 0. The number of piperidine rings is 1. The number of hydrogen-bond acceptors (Lipinski definition) is 3. The minimum absolute atomic E-state index is 0.279. The molecule has 2 aliphatic rings. The van der Waals surface area contributed by atoms with Gasteiger partial charge in [-0.05, 0) is 55.6 Å². The maximum Gasteiger partial charge on any atom is 0.281 e. The quantitative estimate of drug-likeness (QED) is 0.697. The minimum atomic E-state index is -3.29. The molecule has 0 saturated carbocycles. The first kappa shape index (κ1) is 21.3. The minimum Gasteiger partial charge on any atom is -0.343 e. The Kier molecular flexibility index (Phi) is 7.12. The first-order chi connectivity index (χ1) is 13.4. The number of rotatable bonds is 7. The van der Waals surface area contributed by atoms with Crippen molar-refractivity contribution in [1.29, 1.82) is 0 Å². The van der Waals surface area contributed by atoms with Gasteiger partial charge < -0.3 is 4.90 Å². The summed E-state index contributed by atoms with van der Waals surface area (Å²) < 4.78 is 27.3. The van der Waals surface area contributed by atoms with Crippen LogP contribution in [-0.2, 0) is 27.8 Å². The zero-order chi connectivity index (χ0) is 20.1. The number of aryl methyl sites for hydroxylation is 1. The SMILES string of the molecule is CN(C)S(=O)(=O)N1CCC(Cc2ccc(CCC(=O)N3CCCC3)cc2)CC1. The number of carbonyl (C=O) groups is 1. The average Bonchev–Trinajstić information content (AvgIpc) is 3.22. The molecule has 2 fully saturated rings. The molecule has 1 amide bonds. The Balaban J connectivity index is 1.44. The highest BCUT2D eigenvalue weighted by atomic mass is 32.2. The number of hydrogen-bond donors (Lipinski definition) is 0. The molecule has 0 N–H and O–H groups in total. The summed E-state index contributed by atoms with van der Waals surface area (Å²) in [6.07, 6.45) is 6.47. The molecule has 1 aromatic rings. The van der Waals surface area contributed by atoms with E-state index in [1.165, 1.54) is 15.4 Å². The highest BCUT2D eigenvalue weighted by Gasteiger charge is 2.29. The molecule has 6 nitrogen and oxygen atoms in total. The lowest BCUT2D eigenvalue weighted by Gasteiger charge is -2.32. The molecule has 2 aliphatic heterocycles. The molecule has 0 aromatic heterocycles. The molecular weight excluding hydrogens is 374 g/mol. The van der Waals surface area contributed by atoms with Crippen LogP contribution >= 0.6 is 0 Å². The van der Waals surface area contributed by atoms with Crippen LogP contribution in [0.25, 0.3) is 0 Å². The molecule has 0 radical (unpaired) electrons. The molecule has 0 bridgehead atoms. The van der Waals surface area contributed by atoms with Crippen molar-refractivity contribution >= 4 is 16.1 Å². The lowest BCUT2D eigenvalue weighted by molar-refractivity contribution is -0.130. The topological polar surface area (TPSA) is 60.9 Å². The second-order valence-electron chi connectivity index (χ2n) is 8.24. The van der Waals surface area contributed by atoms with Gasteiger partial charge in [0.2, 0.25) is 5.91 Å². The summed E-state index contributed by atoms with van der Waals surface area (Å²) in [6, 6.07) is 8.60. The molecule has 0 atom stereocenters. The zero-order valence-corrected chi connectivity index (χ0v) is 18.0. The van der Waals surface area contributed by atoms with Crippen LogP contribution in [0.2, 0.25) is 0 Å². The molecule has 1 aromatic carbocycles. The monoisotopic (exact) mass is 407 g/mol. The van der Waals surface area contributed by atoms with Crippen molar-refractivity contribution in [2.75, 3.05) is 40.3 Å². The fourth-order valence-corrected chi connectivity index (χ4v) is 5.26. The summed E-state index contributed by atoms with van der Waals surface area (Å²) >= 11 is 0. The number of amides is 1. The molecule has 3 rings (SSSR count). The van der Waals surface area contributed by atoms with E-state index in [2.05, 4.69) is 24.3 Å². The lowest BCUT2D eigenvalue weighted by Crippen LogP contribution is -2.44. The van der Waals surface area contributed by atoms with E-state index in [9.17, 15) is 13.2 Å². The van der Waals surface area contributed by atoms with Crippen LogP contribution < -0.4 is 0 Å². The Hall–Kier alpha value is -1.44. The van der Waals surface area contributed by atoms with Crippen molar-refractivity contribution in [2.45, 2.75) is 44.9 Å². The second-order valence-corrected chi connectivity index (χ2v) is 10.4. The third-order valence-electron chi connectivity index (χ3n) is 5.99. The smallest absolute Gasteiger partial charge is 0.281 e. The molecular formula is C21H33N3O3S. The highest BCUT2D eigenvalue weighted by molar-refractivity contribution is 7.86. The standard InChI is InChI=1S/C21H33N3O3S/c1-22(2)28(26,27)24-15-11-20(12-16-24)17-19-7-5-18(6-8-19)9-10-21(25)23-13-3-4-14-23/h5-8,20H,3-4,9-17H2,1-2H3. The van der Waals surface area contributed by atoms with Gasteiger partial charge in [0.25, 0.3) is 10.2 Å². The molecule has 0 aliphatic carbocycles. The van der Waals surface area contributed by atoms with Gasteiger partial charge in [0.15, 0.2) is 0 Å².